The van der Waals surface area contributed by atoms with Gasteiger partial charge in [-0.15, -0.1) is 0 Å². The van der Waals surface area contributed by atoms with Crippen molar-refractivity contribution in [2.45, 2.75) is 5.54 Å². The van der Waals surface area contributed by atoms with E-state index in [9.17, 15) is 19.2 Å². The number of esters is 4. The second-order valence-electron chi connectivity index (χ2n) is 7.69. The molecule has 1 aliphatic heterocycles. The van der Waals surface area contributed by atoms with Crippen LogP contribution < -0.4 is 0 Å². The second-order valence-corrected chi connectivity index (χ2v) is 7.69. The Morgan fingerprint density at radius 3 is 2.24 bits per heavy atom. The molecule has 4 rings (SSSR count). The number of azo groups is 1. The maximum absolute atomic E-state index is 13.4. The van der Waals surface area contributed by atoms with Crippen molar-refractivity contribution in [2.75, 3.05) is 35.0 Å². The molecular formula is C23H21N3O8. The number of pyridine rings is 1. The SMILES string of the molecule is COC(=O)C1=C(c2ccc3ccccc3n2)C(C(=O)OC)C2(C(=O)OC)CN=NC12C(=O)OC. The lowest BCUT2D eigenvalue weighted by atomic mass is 9.65. The highest BCUT2D eigenvalue weighted by molar-refractivity contribution is 6.18. The highest BCUT2D eigenvalue weighted by Crippen LogP contribution is 2.62. The molecule has 3 unspecified atom stereocenters. The van der Waals surface area contributed by atoms with Crippen LogP contribution in [0.5, 0.6) is 0 Å². The van der Waals surface area contributed by atoms with Crippen LogP contribution in [0.25, 0.3) is 16.5 Å². The minimum Gasteiger partial charge on any atom is -0.469 e. The lowest BCUT2D eigenvalue weighted by molar-refractivity contribution is -0.171. The Labute approximate surface area is 193 Å². The molecule has 0 spiro atoms. The zero-order valence-corrected chi connectivity index (χ0v) is 18.9. The Hall–Kier alpha value is -4.15. The van der Waals surface area contributed by atoms with Gasteiger partial charge in [0.15, 0.2) is 0 Å². The summed E-state index contributed by atoms with van der Waals surface area (Å²) in [6.07, 6.45) is 0. The summed E-state index contributed by atoms with van der Waals surface area (Å²) in [5, 5.41) is 8.76. The molecule has 0 radical (unpaired) electrons. The monoisotopic (exact) mass is 467 g/mol. The van der Waals surface area contributed by atoms with Crippen LogP contribution in [0.2, 0.25) is 0 Å². The molecule has 0 fully saturated rings. The van der Waals surface area contributed by atoms with Gasteiger partial charge in [0.05, 0.1) is 51.8 Å². The molecule has 1 aromatic carbocycles. The van der Waals surface area contributed by atoms with Crippen LogP contribution in [0.4, 0.5) is 0 Å². The third-order valence-electron chi connectivity index (χ3n) is 6.33. The topological polar surface area (TPSA) is 143 Å². The molecule has 0 bridgehead atoms. The van der Waals surface area contributed by atoms with Gasteiger partial charge in [0.2, 0.25) is 5.54 Å². The minimum atomic E-state index is -2.34. The van der Waals surface area contributed by atoms with Crippen molar-refractivity contribution in [1.29, 1.82) is 0 Å². The maximum Gasteiger partial charge on any atom is 0.342 e. The lowest BCUT2D eigenvalue weighted by Crippen LogP contribution is -2.60. The first-order valence-corrected chi connectivity index (χ1v) is 10.2. The summed E-state index contributed by atoms with van der Waals surface area (Å²) in [5.74, 6) is -5.51. The average molecular weight is 467 g/mol. The van der Waals surface area contributed by atoms with Gasteiger partial charge < -0.3 is 18.9 Å². The number of ether oxygens (including phenoxy) is 4. The normalized spacial score (nSPS) is 25.1. The Morgan fingerprint density at radius 1 is 0.882 bits per heavy atom. The van der Waals surface area contributed by atoms with E-state index in [1.807, 2.05) is 12.1 Å². The first kappa shape index (κ1) is 23.0. The zero-order chi connectivity index (χ0) is 24.7. The molecule has 34 heavy (non-hydrogen) atoms. The fraction of sp³-hybridized carbons (Fsp3) is 0.348. The van der Waals surface area contributed by atoms with Gasteiger partial charge in [-0.25, -0.2) is 14.6 Å². The third kappa shape index (κ3) is 2.79. The van der Waals surface area contributed by atoms with E-state index in [4.69, 9.17) is 18.9 Å². The molecule has 176 valence electrons. The molecule has 0 N–H and O–H groups in total. The number of hydrogen-bond donors (Lipinski definition) is 0. The van der Waals surface area contributed by atoms with Gasteiger partial charge in [0.25, 0.3) is 0 Å². The molecule has 1 aliphatic carbocycles. The van der Waals surface area contributed by atoms with Crippen molar-refractivity contribution in [2.24, 2.45) is 21.6 Å². The van der Waals surface area contributed by atoms with E-state index in [0.717, 1.165) is 33.8 Å². The Bertz CT molecular complexity index is 1290. The number of nitrogens with zero attached hydrogens (tertiary/aromatic N) is 3. The number of carbonyl (C=O) groups is 4. The van der Waals surface area contributed by atoms with Crippen LogP contribution in [0.1, 0.15) is 5.69 Å². The summed E-state index contributed by atoms with van der Waals surface area (Å²) in [4.78, 5) is 57.8. The molecule has 2 aromatic rings. The number of methoxy groups -OCH3 is 4. The van der Waals surface area contributed by atoms with E-state index >= 15 is 0 Å². The van der Waals surface area contributed by atoms with Gasteiger partial charge in [-0.3, -0.25) is 9.59 Å². The van der Waals surface area contributed by atoms with Crippen LogP contribution in [0.15, 0.2) is 52.2 Å². The number of fused-ring (bicyclic) bond motifs is 2. The van der Waals surface area contributed by atoms with Gasteiger partial charge in [0, 0.05) is 11.0 Å². The van der Waals surface area contributed by atoms with Crippen molar-refractivity contribution in [1.82, 2.24) is 4.98 Å². The molecule has 2 aliphatic rings. The molecule has 0 saturated heterocycles. The number of benzene rings is 1. The predicted octanol–water partition coefficient (Wildman–Crippen LogP) is 1.50. The molecule has 3 atom stereocenters. The van der Waals surface area contributed by atoms with Crippen molar-refractivity contribution in [3.63, 3.8) is 0 Å². The Morgan fingerprint density at radius 2 is 1.59 bits per heavy atom. The maximum atomic E-state index is 13.4. The first-order chi connectivity index (χ1) is 16.3. The summed E-state index contributed by atoms with van der Waals surface area (Å²) in [6.45, 7) is -0.438. The van der Waals surface area contributed by atoms with Crippen LogP contribution >= 0.6 is 0 Å². The van der Waals surface area contributed by atoms with Crippen LogP contribution in [-0.2, 0) is 38.1 Å². The molecule has 1 aromatic heterocycles. The highest BCUT2D eigenvalue weighted by atomic mass is 16.5. The molecule has 0 amide bonds. The first-order valence-electron chi connectivity index (χ1n) is 10.2. The van der Waals surface area contributed by atoms with Gasteiger partial charge >= 0.3 is 23.9 Å². The second kappa shape index (κ2) is 8.32. The van der Waals surface area contributed by atoms with Crippen molar-refractivity contribution in [3.8, 4) is 0 Å². The fourth-order valence-electron chi connectivity index (χ4n) is 4.89. The minimum absolute atomic E-state index is 0.0427. The van der Waals surface area contributed by atoms with E-state index in [2.05, 4.69) is 15.2 Å². The summed E-state index contributed by atoms with van der Waals surface area (Å²) in [6, 6.07) is 10.5. The number of aromatic nitrogens is 1. The smallest absolute Gasteiger partial charge is 0.342 e. The fourth-order valence-corrected chi connectivity index (χ4v) is 4.89. The largest absolute Gasteiger partial charge is 0.469 e. The quantitative estimate of drug-likeness (QED) is 0.472. The van der Waals surface area contributed by atoms with E-state index in [0.29, 0.717) is 5.52 Å². The van der Waals surface area contributed by atoms with Crippen LogP contribution in [0, 0.1) is 11.3 Å². The van der Waals surface area contributed by atoms with Gasteiger partial charge in [0.1, 0.15) is 11.3 Å². The number of rotatable bonds is 5. The van der Waals surface area contributed by atoms with E-state index in [1.54, 1.807) is 24.3 Å². The van der Waals surface area contributed by atoms with Crippen LogP contribution in [0.3, 0.4) is 0 Å². The number of para-hydroxylation sites is 1. The Balaban J connectivity index is 2.18. The number of carbonyl (C=O) groups excluding carboxylic acids is 4. The third-order valence-corrected chi connectivity index (χ3v) is 6.33. The van der Waals surface area contributed by atoms with Crippen molar-refractivity contribution >= 4 is 40.4 Å². The summed E-state index contributed by atoms with van der Waals surface area (Å²) < 4.78 is 20.0. The van der Waals surface area contributed by atoms with Gasteiger partial charge in [-0.05, 0) is 12.1 Å². The summed E-state index contributed by atoms with van der Waals surface area (Å²) >= 11 is 0. The predicted molar refractivity (Wildman–Crippen MR) is 115 cm³/mol. The van der Waals surface area contributed by atoms with Crippen LogP contribution in [-0.4, -0.2) is 69.4 Å². The highest BCUT2D eigenvalue weighted by Gasteiger charge is 2.80. The summed E-state index contributed by atoms with van der Waals surface area (Å²) in [7, 11) is 4.39. The molecule has 2 heterocycles. The average Bonchev–Trinajstić information content (AvgIpc) is 3.38. The molecule has 11 heteroatoms. The Kier molecular flexibility index (Phi) is 5.64. The molecule has 0 saturated carbocycles. The van der Waals surface area contributed by atoms with Gasteiger partial charge in [-0.1, -0.05) is 24.3 Å². The molecule has 11 nitrogen and oxygen atoms in total. The standard InChI is InChI=1S/C23H21N3O8/c1-31-18(27)16-15(14-10-9-12-7-5-6-8-13(12)25-14)17(19(28)32-2)23(21(30)34-4)22(16,11-24-26-23)20(29)33-3/h5-10,16H,11H2,1-4H3. The number of hydrogen-bond acceptors (Lipinski definition) is 11. The van der Waals surface area contributed by atoms with E-state index < -0.39 is 47.3 Å². The zero-order valence-electron chi connectivity index (χ0n) is 18.9. The van der Waals surface area contributed by atoms with E-state index in [-0.39, 0.29) is 16.8 Å². The molecular weight excluding hydrogens is 446 g/mol. The summed E-state index contributed by atoms with van der Waals surface area (Å²) in [5.41, 5.74) is -4.15. The van der Waals surface area contributed by atoms with Gasteiger partial charge in [-0.2, -0.15) is 10.2 Å². The lowest BCUT2D eigenvalue weighted by Gasteiger charge is -2.36. The van der Waals surface area contributed by atoms with E-state index in [1.165, 1.54) is 0 Å². The van der Waals surface area contributed by atoms with Crippen molar-refractivity contribution in [3.05, 3.63) is 47.7 Å². The van der Waals surface area contributed by atoms with Crippen molar-refractivity contribution < 1.29 is 38.1 Å².